The van der Waals surface area contributed by atoms with Crippen LogP contribution in [0.3, 0.4) is 0 Å². The number of nitrogens with zero attached hydrogens (tertiary/aromatic N) is 2. The van der Waals surface area contributed by atoms with Gasteiger partial charge in [0.25, 0.3) is 0 Å². The first-order valence-corrected chi connectivity index (χ1v) is 23.1. The normalized spacial score (nSPS) is 16.9. The molecular weight excluding hydrogens is 909 g/mol. The molecule has 0 aromatic rings. The highest BCUT2D eigenvalue weighted by molar-refractivity contribution is 5.98. The Morgan fingerprint density at radius 2 is 1.19 bits per heavy atom. The molecule has 20 N–H and O–H groups in total. The molecule has 1 rings (SSSR count). The summed E-state index contributed by atoms with van der Waals surface area (Å²) < 4.78 is 0. The van der Waals surface area contributed by atoms with E-state index in [1.54, 1.807) is 27.7 Å². The van der Waals surface area contributed by atoms with Gasteiger partial charge in [-0.25, -0.2) is 4.79 Å². The molecule has 1 heterocycles. The van der Waals surface area contributed by atoms with Gasteiger partial charge >= 0.3 is 5.97 Å². The average Bonchev–Trinajstić information content (AvgIpc) is 3.78. The summed E-state index contributed by atoms with van der Waals surface area (Å²) in [7, 11) is 0. The number of primary amides is 1. The van der Waals surface area contributed by atoms with Crippen molar-refractivity contribution in [3.8, 4) is 0 Å². The second kappa shape index (κ2) is 31.0. The molecule has 0 spiro atoms. The fourth-order valence-corrected chi connectivity index (χ4v) is 7.10. The van der Waals surface area contributed by atoms with Crippen molar-refractivity contribution in [2.24, 2.45) is 45.5 Å². The van der Waals surface area contributed by atoms with Crippen LogP contribution in [0.4, 0.5) is 0 Å². The van der Waals surface area contributed by atoms with Gasteiger partial charge in [-0.15, -0.1) is 0 Å². The van der Waals surface area contributed by atoms with Gasteiger partial charge < -0.3 is 86.1 Å². The summed E-state index contributed by atoms with van der Waals surface area (Å²) in [5.41, 5.74) is 27.4. The van der Waals surface area contributed by atoms with E-state index in [9.17, 15) is 58.2 Å². The molecule has 27 heteroatoms. The van der Waals surface area contributed by atoms with Crippen molar-refractivity contribution in [1.82, 2.24) is 42.1 Å². The Hall–Kier alpha value is -6.19. The molecule has 1 fully saturated rings. The number of hydrogen-bond acceptors (Lipinski definition) is 15. The van der Waals surface area contributed by atoms with E-state index in [-0.39, 0.29) is 70.0 Å². The Bertz CT molecular complexity index is 1800. The second-order valence-corrected chi connectivity index (χ2v) is 17.6. The van der Waals surface area contributed by atoms with Crippen LogP contribution in [0.1, 0.15) is 98.8 Å². The molecular formula is C42H76N14O13. The van der Waals surface area contributed by atoms with Crippen molar-refractivity contribution in [2.45, 2.75) is 153 Å². The molecule has 0 radical (unpaired) electrons. The molecule has 0 aliphatic carbocycles. The highest BCUT2D eigenvalue weighted by atomic mass is 16.4. The number of guanidine groups is 1. The van der Waals surface area contributed by atoms with E-state index in [1.165, 1.54) is 11.8 Å². The van der Waals surface area contributed by atoms with Crippen LogP contribution in [0.2, 0.25) is 0 Å². The van der Waals surface area contributed by atoms with Gasteiger partial charge in [-0.2, -0.15) is 0 Å². The molecule has 69 heavy (non-hydrogen) atoms. The van der Waals surface area contributed by atoms with E-state index in [1.807, 2.05) is 0 Å². The van der Waals surface area contributed by atoms with Gasteiger partial charge in [0.1, 0.15) is 54.4 Å². The smallest absolute Gasteiger partial charge is 0.326 e. The van der Waals surface area contributed by atoms with Gasteiger partial charge in [-0.1, -0.05) is 27.7 Å². The lowest BCUT2D eigenvalue weighted by Crippen LogP contribution is -2.60. The molecule has 27 nitrogen and oxygen atoms in total. The minimum Gasteiger partial charge on any atom is -0.480 e. The van der Waals surface area contributed by atoms with Gasteiger partial charge in [-0.05, 0) is 83.1 Å². The van der Waals surface area contributed by atoms with Gasteiger partial charge in [0, 0.05) is 19.5 Å². The van der Waals surface area contributed by atoms with E-state index in [4.69, 9.17) is 33.8 Å². The lowest BCUT2D eigenvalue weighted by Gasteiger charge is -2.31. The van der Waals surface area contributed by atoms with Crippen LogP contribution in [0.25, 0.3) is 0 Å². The monoisotopic (exact) mass is 985 g/mol. The molecule has 1 aliphatic heterocycles. The standard InChI is InChI=1S/C42H76N14O13/c1-21(2)18-28(53-33(60)23(5)49-35(62)25(10-6-7-15-43)50-38(65)29(20-58)54-34(61)24(44)19-57)37(64)51-26(13-14-31(45)59)36(63)52-27(11-8-16-48-42(46)47)40(67)56-17-9-12-30(56)39(66)55-32(22(3)4)41(68)69/h21-30,32,57-58H,6-20,43-44H2,1-5H3,(H2,45,59)(H,49,62)(H,50,65)(H,51,64)(H,52,63)(H,53,60)(H,54,61)(H,55,66)(H,68,69)(H4,46,47,48)/t23-,24-,25-,26-,27-,28-,29-,30-,32-/m0/s1. The number of nitrogens with two attached hydrogens (primary N) is 5. The average molecular weight is 985 g/mol. The predicted octanol–water partition coefficient (Wildman–Crippen LogP) is -6.06. The number of carboxylic acid groups (broad SMARTS) is 1. The minimum absolute atomic E-state index is 0.0121. The van der Waals surface area contributed by atoms with Crippen LogP contribution in [-0.2, 0) is 47.9 Å². The maximum absolute atomic E-state index is 14.2. The van der Waals surface area contributed by atoms with E-state index < -0.39 is 139 Å². The van der Waals surface area contributed by atoms with Gasteiger partial charge in [0.2, 0.25) is 53.2 Å². The Kier molecular flexibility index (Phi) is 27.4. The lowest BCUT2D eigenvalue weighted by atomic mass is 10.0. The molecule has 0 bridgehead atoms. The highest BCUT2D eigenvalue weighted by Gasteiger charge is 2.40. The van der Waals surface area contributed by atoms with Crippen molar-refractivity contribution < 1.29 is 63.3 Å². The van der Waals surface area contributed by atoms with Crippen molar-refractivity contribution in [3.05, 3.63) is 0 Å². The van der Waals surface area contributed by atoms with Crippen LogP contribution < -0.4 is 65.9 Å². The largest absolute Gasteiger partial charge is 0.480 e. The number of likely N-dealkylation sites (tertiary alicyclic amines) is 1. The van der Waals surface area contributed by atoms with Gasteiger partial charge in [0.05, 0.1) is 13.2 Å². The Balaban J connectivity index is 3.37. The summed E-state index contributed by atoms with van der Waals surface area (Å²) in [6.45, 7) is 6.81. The molecule has 9 amide bonds. The number of carboxylic acids is 1. The van der Waals surface area contributed by atoms with Gasteiger partial charge in [-0.3, -0.25) is 48.1 Å². The highest BCUT2D eigenvalue weighted by Crippen LogP contribution is 2.21. The summed E-state index contributed by atoms with van der Waals surface area (Å²) in [5.74, 6) is -9.80. The van der Waals surface area contributed by atoms with E-state index in [0.717, 1.165) is 0 Å². The Labute approximate surface area is 401 Å². The number of aliphatic hydroxyl groups excluding tert-OH is 2. The van der Waals surface area contributed by atoms with Crippen LogP contribution in [-0.4, -0.2) is 173 Å². The summed E-state index contributed by atoms with van der Waals surface area (Å²) in [5, 5.41) is 45.9. The van der Waals surface area contributed by atoms with Crippen LogP contribution in [0, 0.1) is 11.8 Å². The summed E-state index contributed by atoms with van der Waals surface area (Å²) in [6.07, 6.45) is 0.797. The maximum Gasteiger partial charge on any atom is 0.326 e. The summed E-state index contributed by atoms with van der Waals surface area (Å²) >= 11 is 0. The van der Waals surface area contributed by atoms with Crippen LogP contribution >= 0.6 is 0 Å². The number of amides is 9. The number of carbonyl (C=O) groups is 10. The van der Waals surface area contributed by atoms with Crippen LogP contribution in [0.5, 0.6) is 0 Å². The summed E-state index contributed by atoms with van der Waals surface area (Å²) in [6, 6.07) is -12.0. The zero-order valence-electron chi connectivity index (χ0n) is 40.2. The third kappa shape index (κ3) is 21.8. The molecule has 1 saturated heterocycles. The lowest BCUT2D eigenvalue weighted by molar-refractivity contribution is -0.146. The third-order valence-electron chi connectivity index (χ3n) is 11.0. The van der Waals surface area contributed by atoms with Crippen molar-refractivity contribution in [2.75, 3.05) is 32.8 Å². The SMILES string of the molecule is CC(C)C[C@H](NC(=O)[C@H](C)NC(=O)[C@H](CCCCN)NC(=O)[C@H](CO)NC(=O)[C@@H](N)CO)C(=O)N[C@@H](CCC(N)=O)C(=O)N[C@@H](CCCN=C(N)N)C(=O)N1CCC[C@H]1C(=O)N[C@H](C(=O)O)C(C)C. The Morgan fingerprint density at radius 1 is 0.652 bits per heavy atom. The number of unbranched alkanes of at least 4 members (excludes halogenated alkanes) is 1. The number of aliphatic carboxylic acids is 1. The molecule has 0 aromatic heterocycles. The first kappa shape index (κ1) is 60.8. The summed E-state index contributed by atoms with van der Waals surface area (Å²) in [4.78, 5) is 137. The fourth-order valence-electron chi connectivity index (χ4n) is 7.10. The first-order valence-electron chi connectivity index (χ1n) is 23.1. The zero-order chi connectivity index (χ0) is 52.5. The van der Waals surface area contributed by atoms with E-state index >= 15 is 0 Å². The first-order chi connectivity index (χ1) is 32.4. The molecule has 9 atom stereocenters. The molecule has 0 aromatic carbocycles. The van der Waals surface area contributed by atoms with E-state index in [0.29, 0.717) is 19.3 Å². The number of aliphatic hydroxyl groups is 2. The number of aliphatic imine (C=N–C) groups is 1. The number of nitrogens with one attached hydrogen (secondary N) is 7. The molecule has 0 unspecified atom stereocenters. The third-order valence-corrected chi connectivity index (χ3v) is 11.0. The maximum atomic E-state index is 14.2. The molecule has 392 valence electrons. The zero-order valence-corrected chi connectivity index (χ0v) is 40.2. The minimum atomic E-state index is -1.55. The number of carbonyl (C=O) groups excluding carboxylic acids is 9. The van der Waals surface area contributed by atoms with Gasteiger partial charge in [0.15, 0.2) is 5.96 Å². The number of hydrogen-bond donors (Lipinski definition) is 15. The van der Waals surface area contributed by atoms with Crippen molar-refractivity contribution >= 4 is 65.1 Å². The van der Waals surface area contributed by atoms with Crippen molar-refractivity contribution in [1.29, 1.82) is 0 Å². The quantitative estimate of drug-likeness (QED) is 0.0169. The topological polar surface area (TPSA) is 461 Å². The van der Waals surface area contributed by atoms with Crippen molar-refractivity contribution in [3.63, 3.8) is 0 Å². The predicted molar refractivity (Wildman–Crippen MR) is 249 cm³/mol. The molecule has 0 saturated carbocycles. The van der Waals surface area contributed by atoms with E-state index in [2.05, 4.69) is 42.2 Å². The second-order valence-electron chi connectivity index (χ2n) is 17.6. The molecule has 1 aliphatic rings. The fraction of sp³-hybridized carbons (Fsp3) is 0.738. The Morgan fingerprint density at radius 3 is 1.72 bits per heavy atom. The van der Waals surface area contributed by atoms with Crippen LogP contribution in [0.15, 0.2) is 4.99 Å². The number of rotatable bonds is 32.